The van der Waals surface area contributed by atoms with Crippen molar-refractivity contribution in [1.82, 2.24) is 4.90 Å². The smallest absolute Gasteiger partial charge is 0.241 e. The first-order valence-electron chi connectivity index (χ1n) is 9.22. The molecule has 6 nitrogen and oxygen atoms in total. The highest BCUT2D eigenvalue weighted by atomic mass is 35.5. The van der Waals surface area contributed by atoms with Crippen LogP contribution in [0.25, 0.3) is 0 Å². The van der Waals surface area contributed by atoms with Crippen molar-refractivity contribution in [3.8, 4) is 5.75 Å². The lowest BCUT2D eigenvalue weighted by molar-refractivity contribution is -0.120. The summed E-state index contributed by atoms with van der Waals surface area (Å²) in [5, 5.41) is 3.49. The summed E-state index contributed by atoms with van der Waals surface area (Å²) in [6.07, 6.45) is 0.266. The number of rotatable bonds is 6. The van der Waals surface area contributed by atoms with E-state index in [1.165, 1.54) is 0 Å². The maximum absolute atomic E-state index is 13.0. The molecule has 2 aromatic carbocycles. The molecule has 1 aliphatic heterocycles. The zero-order valence-corrected chi connectivity index (χ0v) is 16.8. The molecule has 0 saturated heterocycles. The van der Waals surface area contributed by atoms with Gasteiger partial charge in [0.1, 0.15) is 12.4 Å². The maximum Gasteiger partial charge on any atom is 0.241 e. The van der Waals surface area contributed by atoms with Crippen molar-refractivity contribution >= 4 is 34.8 Å². The van der Waals surface area contributed by atoms with Crippen molar-refractivity contribution in [3.05, 3.63) is 53.6 Å². The Hall–Kier alpha value is -2.57. The highest BCUT2D eigenvalue weighted by Crippen LogP contribution is 2.31. The van der Waals surface area contributed by atoms with Crippen LogP contribution in [0.3, 0.4) is 0 Å². The summed E-state index contributed by atoms with van der Waals surface area (Å²) >= 11 is 5.95. The van der Waals surface area contributed by atoms with Crippen LogP contribution in [0.5, 0.6) is 5.75 Å². The molecule has 2 amide bonds. The molecule has 1 N–H and O–H groups in total. The largest absolute Gasteiger partial charge is 0.492 e. The van der Waals surface area contributed by atoms with Crippen LogP contribution in [0, 0.1) is 0 Å². The molecule has 0 fully saturated rings. The Bertz CT molecular complexity index is 858. The third-order valence-corrected chi connectivity index (χ3v) is 4.81. The molecule has 1 heterocycles. The number of halogens is 1. The summed E-state index contributed by atoms with van der Waals surface area (Å²) in [6, 6.07) is 14.4. The van der Waals surface area contributed by atoms with E-state index >= 15 is 0 Å². The molecule has 148 valence electrons. The fourth-order valence-electron chi connectivity index (χ4n) is 3.23. The molecular weight excluding hydrogens is 378 g/mol. The standard InChI is InChI=1S/C21H24ClN3O3/c1-15-12-20(26)23-18-8-3-4-9-19(18)25(15)21(27)14-24(2)10-11-28-17-7-5-6-16(22)13-17/h3-9,13,15H,10-12,14H2,1-2H3,(H,23,26). The Morgan fingerprint density at radius 2 is 2.07 bits per heavy atom. The molecule has 7 heteroatoms. The van der Waals surface area contributed by atoms with Crippen molar-refractivity contribution in [3.63, 3.8) is 0 Å². The van der Waals surface area contributed by atoms with E-state index in [1.54, 1.807) is 17.0 Å². The number of nitrogens with one attached hydrogen (secondary N) is 1. The Kier molecular flexibility index (Phi) is 6.54. The van der Waals surface area contributed by atoms with E-state index in [-0.39, 0.29) is 30.8 Å². The zero-order valence-electron chi connectivity index (χ0n) is 16.0. The quantitative estimate of drug-likeness (QED) is 0.805. The van der Waals surface area contributed by atoms with E-state index in [2.05, 4.69) is 5.32 Å². The molecular formula is C21H24ClN3O3. The Labute approximate surface area is 170 Å². The van der Waals surface area contributed by atoms with Crippen LogP contribution in [0.4, 0.5) is 11.4 Å². The Morgan fingerprint density at radius 1 is 1.29 bits per heavy atom. The van der Waals surface area contributed by atoms with Gasteiger partial charge in [0.2, 0.25) is 11.8 Å². The second-order valence-corrected chi connectivity index (χ2v) is 7.36. The minimum absolute atomic E-state index is 0.0540. The minimum Gasteiger partial charge on any atom is -0.492 e. The topological polar surface area (TPSA) is 61.9 Å². The fourth-order valence-corrected chi connectivity index (χ4v) is 3.41. The first-order valence-corrected chi connectivity index (χ1v) is 9.59. The number of ether oxygens (including phenoxy) is 1. The number of likely N-dealkylation sites (N-methyl/N-ethyl adjacent to an activating group) is 1. The average Bonchev–Trinajstić information content (AvgIpc) is 2.75. The van der Waals surface area contributed by atoms with Crippen molar-refractivity contribution < 1.29 is 14.3 Å². The van der Waals surface area contributed by atoms with Gasteiger partial charge in [-0.15, -0.1) is 0 Å². The second-order valence-electron chi connectivity index (χ2n) is 6.93. The van der Waals surface area contributed by atoms with Crippen molar-refractivity contribution in [1.29, 1.82) is 0 Å². The number of carbonyl (C=O) groups is 2. The van der Waals surface area contributed by atoms with Crippen molar-refractivity contribution in [2.45, 2.75) is 19.4 Å². The molecule has 2 aromatic rings. The van der Waals surface area contributed by atoms with E-state index in [4.69, 9.17) is 16.3 Å². The molecule has 0 saturated carbocycles. The number of hydrogen-bond donors (Lipinski definition) is 1. The molecule has 28 heavy (non-hydrogen) atoms. The third-order valence-electron chi connectivity index (χ3n) is 4.57. The fraction of sp³-hybridized carbons (Fsp3) is 0.333. The lowest BCUT2D eigenvalue weighted by atomic mass is 10.1. The zero-order chi connectivity index (χ0) is 20.1. The van der Waals surface area contributed by atoms with E-state index in [9.17, 15) is 9.59 Å². The number of para-hydroxylation sites is 2. The monoisotopic (exact) mass is 401 g/mol. The normalized spacial score (nSPS) is 16.4. The number of hydrogen-bond acceptors (Lipinski definition) is 4. The predicted octanol–water partition coefficient (Wildman–Crippen LogP) is 3.41. The Morgan fingerprint density at radius 3 is 2.86 bits per heavy atom. The van der Waals surface area contributed by atoms with Gasteiger partial charge < -0.3 is 15.0 Å². The summed E-state index contributed by atoms with van der Waals surface area (Å²) in [5.41, 5.74) is 1.39. The number of amides is 2. The summed E-state index contributed by atoms with van der Waals surface area (Å²) in [7, 11) is 1.87. The highest BCUT2D eigenvalue weighted by molar-refractivity contribution is 6.30. The van der Waals surface area contributed by atoms with E-state index in [0.29, 0.717) is 29.6 Å². The molecule has 3 rings (SSSR count). The number of anilines is 2. The van der Waals surface area contributed by atoms with Crippen LogP contribution in [0.1, 0.15) is 13.3 Å². The van der Waals surface area contributed by atoms with Crippen molar-refractivity contribution in [2.24, 2.45) is 0 Å². The van der Waals surface area contributed by atoms with Gasteiger partial charge in [-0.2, -0.15) is 0 Å². The van der Waals surface area contributed by atoms with Gasteiger partial charge in [0.05, 0.1) is 17.9 Å². The number of nitrogens with zero attached hydrogens (tertiary/aromatic N) is 2. The number of benzene rings is 2. The molecule has 1 atom stereocenters. The van der Waals surface area contributed by atoms with Gasteiger partial charge in [-0.25, -0.2) is 0 Å². The van der Waals surface area contributed by atoms with E-state index in [1.807, 2.05) is 55.3 Å². The molecule has 0 aliphatic carbocycles. The summed E-state index contributed by atoms with van der Waals surface area (Å²) in [4.78, 5) is 28.7. The molecule has 0 aromatic heterocycles. The van der Waals surface area contributed by atoms with Crippen LogP contribution >= 0.6 is 11.6 Å². The maximum atomic E-state index is 13.0. The van der Waals surface area contributed by atoms with Crippen molar-refractivity contribution in [2.75, 3.05) is 37.0 Å². The SMILES string of the molecule is CC1CC(=O)Nc2ccccc2N1C(=O)CN(C)CCOc1cccc(Cl)c1. The molecule has 0 spiro atoms. The third kappa shape index (κ3) is 5.03. The van der Waals surface area contributed by atoms with Gasteiger partial charge in [-0.3, -0.25) is 14.5 Å². The number of carbonyl (C=O) groups excluding carboxylic acids is 2. The minimum atomic E-state index is -0.215. The lowest BCUT2D eigenvalue weighted by Crippen LogP contribution is -2.44. The highest BCUT2D eigenvalue weighted by Gasteiger charge is 2.29. The summed E-state index contributed by atoms with van der Waals surface area (Å²) in [5.74, 6) is 0.562. The van der Waals surface area contributed by atoms with Crippen LogP contribution in [0.15, 0.2) is 48.5 Å². The van der Waals surface area contributed by atoms with E-state index in [0.717, 1.165) is 5.69 Å². The molecule has 0 bridgehead atoms. The second kappa shape index (κ2) is 9.08. The summed E-state index contributed by atoms with van der Waals surface area (Å²) < 4.78 is 5.69. The lowest BCUT2D eigenvalue weighted by Gasteiger charge is -2.29. The predicted molar refractivity (Wildman–Crippen MR) is 111 cm³/mol. The van der Waals surface area contributed by atoms with Crippen LogP contribution in [0.2, 0.25) is 5.02 Å². The van der Waals surface area contributed by atoms with Gasteiger partial charge >= 0.3 is 0 Å². The Balaban J connectivity index is 1.60. The van der Waals surface area contributed by atoms with Gasteiger partial charge in [-0.1, -0.05) is 29.8 Å². The van der Waals surface area contributed by atoms with Gasteiger partial charge in [0, 0.05) is 24.0 Å². The first kappa shape index (κ1) is 20.2. The van der Waals surface area contributed by atoms with Crippen LogP contribution in [-0.2, 0) is 9.59 Å². The van der Waals surface area contributed by atoms with E-state index < -0.39 is 0 Å². The first-order chi connectivity index (χ1) is 13.4. The van der Waals surface area contributed by atoms with Gasteiger partial charge in [0.15, 0.2) is 0 Å². The summed E-state index contributed by atoms with van der Waals surface area (Å²) in [6.45, 7) is 3.14. The average molecular weight is 402 g/mol. The number of fused-ring (bicyclic) bond motifs is 1. The van der Waals surface area contributed by atoms with Gasteiger partial charge in [0.25, 0.3) is 0 Å². The van der Waals surface area contributed by atoms with Crippen LogP contribution in [-0.4, -0.2) is 49.5 Å². The molecule has 0 radical (unpaired) electrons. The molecule has 1 aliphatic rings. The van der Waals surface area contributed by atoms with Gasteiger partial charge in [-0.05, 0) is 44.3 Å². The molecule has 1 unspecified atom stereocenters. The van der Waals surface area contributed by atoms with Crippen LogP contribution < -0.4 is 15.0 Å².